The summed E-state index contributed by atoms with van der Waals surface area (Å²) in [6.45, 7) is 2.16. The van der Waals surface area contributed by atoms with Crippen molar-refractivity contribution in [2.45, 2.75) is 13.3 Å². The average molecular weight is 391 g/mol. The molecule has 0 spiro atoms. The van der Waals surface area contributed by atoms with Crippen LogP contribution in [0.1, 0.15) is 12.5 Å². The predicted molar refractivity (Wildman–Crippen MR) is 119 cm³/mol. The van der Waals surface area contributed by atoms with Crippen LogP contribution in [0.2, 0.25) is 0 Å². The minimum absolute atomic E-state index is 0.637. The third-order valence-corrected chi connectivity index (χ3v) is 5.21. The standard InChI is InChI=1S/C25H21N5/c1-2-18-13-15-21(16-14-18)24-28-22(19-9-5-3-6-10-19)23(20-11-7-4-8-12-20)30(24)25-26-17-27-29-25/h3-17H,2H2,1H3,(H,26,27,29). The van der Waals surface area contributed by atoms with Crippen LogP contribution in [0.15, 0.2) is 91.3 Å². The quantitative estimate of drug-likeness (QED) is 0.427. The number of aromatic amines is 1. The minimum Gasteiger partial charge on any atom is -0.260 e. The first-order chi connectivity index (χ1) is 14.8. The van der Waals surface area contributed by atoms with Crippen LogP contribution in [-0.2, 0) is 6.42 Å². The van der Waals surface area contributed by atoms with Gasteiger partial charge in [0.1, 0.15) is 12.2 Å². The van der Waals surface area contributed by atoms with Crippen LogP contribution in [0.5, 0.6) is 0 Å². The number of benzene rings is 3. The third kappa shape index (κ3) is 3.20. The number of aryl methyl sites for hydroxylation is 1. The Morgan fingerprint density at radius 1 is 0.767 bits per heavy atom. The first-order valence-electron chi connectivity index (χ1n) is 10.0. The molecule has 0 aliphatic rings. The zero-order valence-electron chi connectivity index (χ0n) is 16.7. The molecule has 0 bridgehead atoms. The highest BCUT2D eigenvalue weighted by atomic mass is 15.3. The summed E-state index contributed by atoms with van der Waals surface area (Å²) in [6.07, 6.45) is 2.53. The molecule has 0 atom stereocenters. The number of aromatic nitrogens is 5. The Morgan fingerprint density at radius 2 is 1.43 bits per heavy atom. The Hall–Kier alpha value is -3.99. The van der Waals surface area contributed by atoms with E-state index in [1.165, 1.54) is 11.9 Å². The molecule has 5 heteroatoms. The Kier molecular flexibility index (Phi) is 4.69. The first-order valence-corrected chi connectivity index (χ1v) is 10.0. The highest BCUT2D eigenvalue weighted by Crippen LogP contribution is 2.37. The predicted octanol–water partition coefficient (Wildman–Crippen LogP) is 5.55. The molecule has 0 saturated carbocycles. The molecule has 2 heterocycles. The fourth-order valence-corrected chi connectivity index (χ4v) is 3.68. The van der Waals surface area contributed by atoms with E-state index in [-0.39, 0.29) is 0 Å². The normalized spacial score (nSPS) is 11.0. The summed E-state index contributed by atoms with van der Waals surface area (Å²) in [7, 11) is 0. The number of hydrogen-bond donors (Lipinski definition) is 1. The number of H-pyrrole nitrogens is 1. The van der Waals surface area contributed by atoms with Gasteiger partial charge in [-0.1, -0.05) is 91.9 Å². The second-order valence-corrected chi connectivity index (χ2v) is 7.06. The molecule has 3 aromatic carbocycles. The fourth-order valence-electron chi connectivity index (χ4n) is 3.68. The smallest absolute Gasteiger partial charge is 0.231 e. The van der Waals surface area contributed by atoms with E-state index in [1.807, 2.05) is 36.4 Å². The Bertz CT molecular complexity index is 1240. The van der Waals surface area contributed by atoms with E-state index >= 15 is 0 Å². The lowest BCUT2D eigenvalue weighted by Crippen LogP contribution is -2.02. The van der Waals surface area contributed by atoms with Gasteiger partial charge in [0.2, 0.25) is 5.95 Å². The van der Waals surface area contributed by atoms with Crippen LogP contribution in [-0.4, -0.2) is 24.7 Å². The SMILES string of the molecule is CCc1ccc(-c2nc(-c3ccccc3)c(-c3ccccc3)n2-c2ncn[nH]2)cc1. The van der Waals surface area contributed by atoms with E-state index in [1.54, 1.807) is 0 Å². The summed E-state index contributed by atoms with van der Waals surface area (Å²) in [5.74, 6) is 1.46. The molecule has 0 unspecified atom stereocenters. The van der Waals surface area contributed by atoms with Crippen molar-refractivity contribution in [2.75, 3.05) is 0 Å². The molecule has 1 N–H and O–H groups in total. The summed E-state index contributed by atoms with van der Waals surface area (Å²) in [6, 6.07) is 29.1. The molecule has 5 aromatic rings. The zero-order chi connectivity index (χ0) is 20.3. The van der Waals surface area contributed by atoms with Gasteiger partial charge in [-0.2, -0.15) is 10.1 Å². The van der Waals surface area contributed by atoms with E-state index in [9.17, 15) is 0 Å². The number of nitrogens with zero attached hydrogens (tertiary/aromatic N) is 4. The van der Waals surface area contributed by atoms with Gasteiger partial charge in [-0.05, 0) is 12.0 Å². The van der Waals surface area contributed by atoms with Gasteiger partial charge in [0.25, 0.3) is 0 Å². The number of nitrogens with one attached hydrogen (secondary N) is 1. The van der Waals surface area contributed by atoms with Crippen LogP contribution in [0, 0.1) is 0 Å². The van der Waals surface area contributed by atoms with Crippen molar-refractivity contribution in [2.24, 2.45) is 0 Å². The van der Waals surface area contributed by atoms with Crippen molar-refractivity contribution >= 4 is 0 Å². The number of hydrogen-bond acceptors (Lipinski definition) is 3. The first kappa shape index (κ1) is 18.1. The second kappa shape index (κ2) is 7.79. The highest BCUT2D eigenvalue weighted by Gasteiger charge is 2.23. The molecule has 0 aliphatic heterocycles. The molecule has 5 nitrogen and oxygen atoms in total. The minimum atomic E-state index is 0.637. The van der Waals surface area contributed by atoms with E-state index < -0.39 is 0 Å². The van der Waals surface area contributed by atoms with Gasteiger partial charge < -0.3 is 0 Å². The lowest BCUT2D eigenvalue weighted by atomic mass is 10.0. The molecule has 0 aliphatic carbocycles. The summed E-state index contributed by atoms with van der Waals surface area (Å²) >= 11 is 0. The number of imidazole rings is 1. The second-order valence-electron chi connectivity index (χ2n) is 7.06. The molecule has 0 fully saturated rings. The third-order valence-electron chi connectivity index (χ3n) is 5.21. The lowest BCUT2D eigenvalue weighted by Gasteiger charge is -2.10. The van der Waals surface area contributed by atoms with Crippen molar-refractivity contribution in [3.8, 4) is 39.9 Å². The maximum atomic E-state index is 5.11. The molecule has 30 heavy (non-hydrogen) atoms. The van der Waals surface area contributed by atoms with E-state index in [0.717, 1.165) is 40.3 Å². The molecule has 2 aromatic heterocycles. The summed E-state index contributed by atoms with van der Waals surface area (Å²) < 4.78 is 2.06. The van der Waals surface area contributed by atoms with Crippen molar-refractivity contribution in [1.29, 1.82) is 0 Å². The number of rotatable bonds is 5. The van der Waals surface area contributed by atoms with Crippen LogP contribution in [0.25, 0.3) is 39.9 Å². The van der Waals surface area contributed by atoms with Crippen molar-refractivity contribution < 1.29 is 0 Å². The van der Waals surface area contributed by atoms with Gasteiger partial charge in [0.05, 0.1) is 11.4 Å². The molecule has 146 valence electrons. The van der Waals surface area contributed by atoms with Gasteiger partial charge in [0, 0.05) is 16.7 Å². The van der Waals surface area contributed by atoms with Crippen LogP contribution < -0.4 is 0 Å². The van der Waals surface area contributed by atoms with Crippen molar-refractivity contribution in [3.05, 3.63) is 96.8 Å². The Balaban J connectivity index is 1.84. The molecule has 5 rings (SSSR count). The van der Waals surface area contributed by atoms with Crippen LogP contribution >= 0.6 is 0 Å². The van der Waals surface area contributed by atoms with Gasteiger partial charge in [-0.15, -0.1) is 0 Å². The van der Waals surface area contributed by atoms with Gasteiger partial charge in [-0.3, -0.25) is 4.57 Å². The maximum absolute atomic E-state index is 5.11. The topological polar surface area (TPSA) is 59.4 Å². The van der Waals surface area contributed by atoms with Gasteiger partial charge >= 0.3 is 0 Å². The van der Waals surface area contributed by atoms with Crippen LogP contribution in [0.3, 0.4) is 0 Å². The lowest BCUT2D eigenvalue weighted by molar-refractivity contribution is 0.944. The molecular weight excluding hydrogens is 370 g/mol. The Labute approximate surface area is 175 Å². The molecular formula is C25H21N5. The van der Waals surface area contributed by atoms with Gasteiger partial charge in [0.15, 0.2) is 0 Å². The zero-order valence-corrected chi connectivity index (χ0v) is 16.7. The van der Waals surface area contributed by atoms with E-state index in [0.29, 0.717) is 5.95 Å². The summed E-state index contributed by atoms with van der Waals surface area (Å²) in [4.78, 5) is 9.57. The monoisotopic (exact) mass is 391 g/mol. The molecule has 0 radical (unpaired) electrons. The Morgan fingerprint density at radius 3 is 2.03 bits per heavy atom. The van der Waals surface area contributed by atoms with Crippen molar-refractivity contribution in [3.63, 3.8) is 0 Å². The van der Waals surface area contributed by atoms with E-state index in [2.05, 4.69) is 75.2 Å². The van der Waals surface area contributed by atoms with Gasteiger partial charge in [-0.25, -0.2) is 10.1 Å². The average Bonchev–Trinajstić information content (AvgIpc) is 3.48. The summed E-state index contributed by atoms with van der Waals surface area (Å²) in [5.41, 5.74) is 6.34. The molecule has 0 saturated heterocycles. The largest absolute Gasteiger partial charge is 0.260 e. The fraction of sp³-hybridized carbons (Fsp3) is 0.0800. The van der Waals surface area contributed by atoms with Crippen LogP contribution in [0.4, 0.5) is 0 Å². The maximum Gasteiger partial charge on any atom is 0.231 e. The molecule has 0 amide bonds. The van der Waals surface area contributed by atoms with Crippen molar-refractivity contribution in [1.82, 2.24) is 24.7 Å². The summed E-state index contributed by atoms with van der Waals surface area (Å²) in [5, 5.41) is 7.12. The van der Waals surface area contributed by atoms with E-state index in [4.69, 9.17) is 4.98 Å². The highest BCUT2D eigenvalue weighted by molar-refractivity contribution is 5.83.